The van der Waals surface area contributed by atoms with Crippen LogP contribution in [0.5, 0.6) is 0 Å². The van der Waals surface area contributed by atoms with Gasteiger partial charge in [-0.3, -0.25) is 5.43 Å². The lowest BCUT2D eigenvalue weighted by Gasteiger charge is -2.31. The molecule has 2 unspecified atom stereocenters. The van der Waals surface area contributed by atoms with Crippen LogP contribution in [0, 0.1) is 35.4 Å². The SMILES string of the molecule is Fc1nc(F)c(F)c(N/N=C2\CC3C=CCC23)c1F. The monoisotopic (exact) mass is 271 g/mol. The number of aromatic nitrogens is 1. The molecule has 0 amide bonds. The van der Waals surface area contributed by atoms with E-state index in [0.717, 1.165) is 12.1 Å². The van der Waals surface area contributed by atoms with E-state index in [-0.39, 0.29) is 5.92 Å². The molecule has 0 spiro atoms. The second kappa shape index (κ2) is 4.32. The van der Waals surface area contributed by atoms with Gasteiger partial charge in [-0.25, -0.2) is 0 Å². The molecule has 2 atom stereocenters. The van der Waals surface area contributed by atoms with Crippen LogP contribution in [0.1, 0.15) is 12.8 Å². The van der Waals surface area contributed by atoms with Gasteiger partial charge in [0, 0.05) is 11.6 Å². The Kier molecular flexibility index (Phi) is 2.76. The number of hydrogen-bond donors (Lipinski definition) is 1. The fourth-order valence-electron chi connectivity index (χ4n) is 2.38. The van der Waals surface area contributed by atoms with E-state index in [1.165, 1.54) is 0 Å². The summed E-state index contributed by atoms with van der Waals surface area (Å²) >= 11 is 0. The molecule has 3 rings (SSSR count). The quantitative estimate of drug-likeness (QED) is 0.388. The first kappa shape index (κ1) is 12.1. The first-order chi connectivity index (χ1) is 9.08. The van der Waals surface area contributed by atoms with Crippen molar-refractivity contribution in [3.05, 3.63) is 35.7 Å². The summed E-state index contributed by atoms with van der Waals surface area (Å²) in [6.07, 6.45) is 5.60. The maximum Gasteiger partial charge on any atom is 0.254 e. The summed E-state index contributed by atoms with van der Waals surface area (Å²) in [5.74, 6) is -5.91. The molecule has 7 heteroatoms. The molecule has 0 bridgehead atoms. The van der Waals surface area contributed by atoms with E-state index in [0.29, 0.717) is 12.3 Å². The average Bonchev–Trinajstić information content (AvgIpc) is 2.73. The lowest BCUT2D eigenvalue weighted by Crippen LogP contribution is -2.33. The van der Waals surface area contributed by atoms with Gasteiger partial charge in [-0.2, -0.15) is 27.6 Å². The zero-order valence-electron chi connectivity index (χ0n) is 9.63. The molecular formula is C12H9F4N3. The van der Waals surface area contributed by atoms with Crippen molar-refractivity contribution in [2.75, 3.05) is 5.43 Å². The van der Waals surface area contributed by atoms with Gasteiger partial charge in [-0.15, -0.1) is 0 Å². The number of nitrogens with one attached hydrogen (secondary N) is 1. The predicted molar refractivity (Wildman–Crippen MR) is 60.5 cm³/mol. The van der Waals surface area contributed by atoms with Gasteiger partial charge in [0.25, 0.3) is 11.9 Å². The lowest BCUT2D eigenvalue weighted by atomic mass is 9.74. The number of fused-ring (bicyclic) bond motifs is 1. The van der Waals surface area contributed by atoms with E-state index in [2.05, 4.69) is 21.6 Å². The summed E-state index contributed by atoms with van der Waals surface area (Å²) in [6, 6.07) is 0. The minimum Gasteiger partial charge on any atom is -0.272 e. The summed E-state index contributed by atoms with van der Waals surface area (Å²) < 4.78 is 52.3. The van der Waals surface area contributed by atoms with Gasteiger partial charge in [0.05, 0.1) is 0 Å². The van der Waals surface area contributed by atoms with Crippen molar-refractivity contribution in [2.24, 2.45) is 16.9 Å². The second-order valence-electron chi connectivity index (χ2n) is 4.55. The Morgan fingerprint density at radius 3 is 2.47 bits per heavy atom. The van der Waals surface area contributed by atoms with E-state index in [1.54, 1.807) is 0 Å². The number of rotatable bonds is 2. The third kappa shape index (κ3) is 1.89. The molecule has 3 nitrogen and oxygen atoms in total. The normalized spacial score (nSPS) is 26.4. The Hall–Kier alpha value is -1.92. The van der Waals surface area contributed by atoms with Crippen molar-refractivity contribution in [1.82, 2.24) is 4.98 Å². The summed E-state index contributed by atoms with van der Waals surface area (Å²) in [7, 11) is 0. The zero-order chi connectivity index (χ0) is 13.6. The average molecular weight is 271 g/mol. The van der Waals surface area contributed by atoms with E-state index < -0.39 is 29.2 Å². The standard InChI is InChI=1S/C12H9F4N3/c13-8-10(9(14)12(16)17-11(8)15)19-18-7-4-5-2-1-3-6(5)7/h1-2,5-6H,3-4H2,(H,17,19)/b18-7+. The van der Waals surface area contributed by atoms with Crippen LogP contribution in [0.2, 0.25) is 0 Å². The second-order valence-corrected chi connectivity index (χ2v) is 4.55. The minimum atomic E-state index is -1.70. The molecule has 0 saturated heterocycles. The van der Waals surface area contributed by atoms with Crippen LogP contribution in [0.3, 0.4) is 0 Å². The number of hydrogen-bond acceptors (Lipinski definition) is 3. The van der Waals surface area contributed by atoms with Gasteiger partial charge < -0.3 is 0 Å². The number of hydrazone groups is 1. The Morgan fingerprint density at radius 2 is 1.84 bits per heavy atom. The van der Waals surface area contributed by atoms with Crippen molar-refractivity contribution >= 4 is 11.4 Å². The predicted octanol–water partition coefficient (Wildman–Crippen LogP) is 3.00. The molecule has 0 aliphatic heterocycles. The Balaban J connectivity index is 1.83. The Bertz CT molecular complexity index is 571. The highest BCUT2D eigenvalue weighted by atomic mass is 19.2. The van der Waals surface area contributed by atoms with Crippen LogP contribution in [0.25, 0.3) is 0 Å². The maximum absolute atomic E-state index is 13.3. The number of pyridine rings is 1. The van der Waals surface area contributed by atoms with Crippen molar-refractivity contribution in [3.8, 4) is 0 Å². The van der Waals surface area contributed by atoms with Crippen molar-refractivity contribution in [3.63, 3.8) is 0 Å². The number of halogens is 4. The topological polar surface area (TPSA) is 37.3 Å². The molecule has 2 aliphatic rings. The molecule has 1 fully saturated rings. The van der Waals surface area contributed by atoms with Crippen LogP contribution < -0.4 is 5.43 Å². The fraction of sp³-hybridized carbons (Fsp3) is 0.333. The van der Waals surface area contributed by atoms with E-state index in [4.69, 9.17) is 0 Å². The van der Waals surface area contributed by atoms with Gasteiger partial charge in [0.1, 0.15) is 5.69 Å². The molecule has 0 aromatic carbocycles. The van der Waals surface area contributed by atoms with Gasteiger partial charge in [0.15, 0.2) is 0 Å². The summed E-state index contributed by atoms with van der Waals surface area (Å²) in [4.78, 5) is 2.47. The van der Waals surface area contributed by atoms with Crippen LogP contribution in [0.4, 0.5) is 23.2 Å². The summed E-state index contributed by atoms with van der Waals surface area (Å²) in [6.45, 7) is 0. The largest absolute Gasteiger partial charge is 0.272 e. The van der Waals surface area contributed by atoms with E-state index in [9.17, 15) is 17.6 Å². The molecular weight excluding hydrogens is 262 g/mol. The number of anilines is 1. The maximum atomic E-state index is 13.3. The molecule has 100 valence electrons. The third-order valence-corrected chi connectivity index (χ3v) is 3.47. The Labute approximate surface area is 106 Å². The van der Waals surface area contributed by atoms with E-state index in [1.807, 2.05) is 6.08 Å². The van der Waals surface area contributed by atoms with Crippen LogP contribution >= 0.6 is 0 Å². The van der Waals surface area contributed by atoms with E-state index >= 15 is 0 Å². The zero-order valence-corrected chi connectivity index (χ0v) is 9.63. The van der Waals surface area contributed by atoms with Gasteiger partial charge in [-0.1, -0.05) is 12.2 Å². The third-order valence-electron chi connectivity index (χ3n) is 3.47. The fourth-order valence-corrected chi connectivity index (χ4v) is 2.38. The van der Waals surface area contributed by atoms with Gasteiger partial charge in [0.2, 0.25) is 11.6 Å². The lowest BCUT2D eigenvalue weighted by molar-refractivity contribution is 0.410. The molecule has 1 heterocycles. The van der Waals surface area contributed by atoms with Gasteiger partial charge >= 0.3 is 0 Å². The van der Waals surface area contributed by atoms with Crippen LogP contribution in [-0.2, 0) is 0 Å². The number of allylic oxidation sites excluding steroid dienone is 2. The summed E-state index contributed by atoms with van der Waals surface area (Å²) in [5, 5.41) is 3.83. The number of nitrogens with zero attached hydrogens (tertiary/aromatic N) is 2. The van der Waals surface area contributed by atoms with Crippen LogP contribution in [-0.4, -0.2) is 10.7 Å². The molecule has 0 radical (unpaired) electrons. The highest BCUT2D eigenvalue weighted by Gasteiger charge is 2.38. The Morgan fingerprint density at radius 1 is 1.16 bits per heavy atom. The van der Waals surface area contributed by atoms with Crippen LogP contribution in [0.15, 0.2) is 17.3 Å². The highest BCUT2D eigenvalue weighted by Crippen LogP contribution is 2.40. The highest BCUT2D eigenvalue weighted by molar-refractivity contribution is 5.94. The summed E-state index contributed by atoms with van der Waals surface area (Å²) in [5.41, 5.74) is 1.86. The van der Waals surface area contributed by atoms with Crippen molar-refractivity contribution in [1.29, 1.82) is 0 Å². The molecule has 1 aromatic rings. The smallest absolute Gasteiger partial charge is 0.254 e. The van der Waals surface area contributed by atoms with Crippen molar-refractivity contribution < 1.29 is 17.6 Å². The van der Waals surface area contributed by atoms with Gasteiger partial charge in [-0.05, 0) is 18.8 Å². The molecule has 2 aliphatic carbocycles. The van der Waals surface area contributed by atoms with Crippen molar-refractivity contribution in [2.45, 2.75) is 12.8 Å². The first-order valence-corrected chi connectivity index (χ1v) is 5.77. The molecule has 1 saturated carbocycles. The first-order valence-electron chi connectivity index (χ1n) is 5.77. The molecule has 1 aromatic heterocycles. The minimum absolute atomic E-state index is 0.232. The molecule has 1 N–H and O–H groups in total. The molecule has 19 heavy (non-hydrogen) atoms.